The van der Waals surface area contributed by atoms with Gasteiger partial charge in [-0.2, -0.15) is 5.10 Å². The van der Waals surface area contributed by atoms with E-state index in [-0.39, 0.29) is 5.91 Å². The second-order valence-electron chi connectivity index (χ2n) is 5.29. The van der Waals surface area contributed by atoms with E-state index in [0.29, 0.717) is 13.1 Å². The zero-order valence-electron chi connectivity index (χ0n) is 12.4. The number of hydrogen-bond donors (Lipinski definition) is 0. The topological polar surface area (TPSA) is 49.3 Å². The van der Waals surface area contributed by atoms with Crippen LogP contribution in [0.15, 0.2) is 36.4 Å². The van der Waals surface area contributed by atoms with Crippen molar-refractivity contribution >= 4 is 34.3 Å². The SMILES string of the molecule is Cc1ccc(N2CCN(C(=O)c3ccccc3I)CC2)nn1. The van der Waals surface area contributed by atoms with Crippen molar-refractivity contribution < 1.29 is 4.79 Å². The normalized spacial score (nSPS) is 15.0. The Labute approximate surface area is 143 Å². The molecule has 1 saturated heterocycles. The molecule has 6 heteroatoms. The summed E-state index contributed by atoms with van der Waals surface area (Å²) < 4.78 is 0.997. The molecule has 2 aromatic rings. The van der Waals surface area contributed by atoms with Gasteiger partial charge in [0.15, 0.2) is 5.82 Å². The van der Waals surface area contributed by atoms with Gasteiger partial charge < -0.3 is 9.80 Å². The van der Waals surface area contributed by atoms with Crippen LogP contribution in [0.25, 0.3) is 0 Å². The fourth-order valence-corrected chi connectivity index (χ4v) is 3.12. The molecule has 3 rings (SSSR count). The lowest BCUT2D eigenvalue weighted by Gasteiger charge is -2.35. The summed E-state index contributed by atoms with van der Waals surface area (Å²) in [7, 11) is 0. The third-order valence-electron chi connectivity index (χ3n) is 3.78. The van der Waals surface area contributed by atoms with E-state index in [1.165, 1.54) is 0 Å². The molecule has 0 aliphatic carbocycles. The van der Waals surface area contributed by atoms with Crippen LogP contribution in [-0.2, 0) is 0 Å². The number of anilines is 1. The summed E-state index contributed by atoms with van der Waals surface area (Å²) in [6.45, 7) is 4.91. The zero-order chi connectivity index (χ0) is 15.5. The molecule has 0 unspecified atom stereocenters. The van der Waals surface area contributed by atoms with Crippen LogP contribution in [0.4, 0.5) is 5.82 Å². The van der Waals surface area contributed by atoms with Gasteiger partial charge in [0.1, 0.15) is 0 Å². The molecule has 1 fully saturated rings. The van der Waals surface area contributed by atoms with E-state index in [0.717, 1.165) is 33.7 Å². The zero-order valence-corrected chi connectivity index (χ0v) is 14.5. The Morgan fingerprint density at radius 3 is 2.41 bits per heavy atom. The number of halogens is 1. The lowest BCUT2D eigenvalue weighted by atomic mass is 10.2. The van der Waals surface area contributed by atoms with Crippen molar-refractivity contribution in [2.24, 2.45) is 0 Å². The number of nitrogens with zero attached hydrogens (tertiary/aromatic N) is 4. The van der Waals surface area contributed by atoms with Crippen molar-refractivity contribution in [1.29, 1.82) is 0 Å². The summed E-state index contributed by atoms with van der Waals surface area (Å²) in [5.74, 6) is 0.992. The number of aromatic nitrogens is 2. The highest BCUT2D eigenvalue weighted by molar-refractivity contribution is 14.1. The molecule has 114 valence electrons. The van der Waals surface area contributed by atoms with Crippen molar-refractivity contribution in [3.05, 3.63) is 51.2 Å². The highest BCUT2D eigenvalue weighted by Gasteiger charge is 2.23. The highest BCUT2D eigenvalue weighted by Crippen LogP contribution is 2.17. The molecule has 1 aliphatic heterocycles. The van der Waals surface area contributed by atoms with Crippen molar-refractivity contribution in [1.82, 2.24) is 15.1 Å². The van der Waals surface area contributed by atoms with E-state index in [1.54, 1.807) is 0 Å². The predicted octanol–water partition coefficient (Wildman–Crippen LogP) is 2.35. The maximum absolute atomic E-state index is 12.6. The Morgan fingerprint density at radius 1 is 1.05 bits per heavy atom. The van der Waals surface area contributed by atoms with Gasteiger partial charge in [0.25, 0.3) is 5.91 Å². The van der Waals surface area contributed by atoms with Crippen molar-refractivity contribution in [2.75, 3.05) is 31.1 Å². The van der Waals surface area contributed by atoms with Gasteiger partial charge in [-0.25, -0.2) is 0 Å². The quantitative estimate of drug-likeness (QED) is 0.717. The molecule has 1 aromatic heterocycles. The molecule has 0 N–H and O–H groups in total. The molecule has 0 saturated carbocycles. The molecule has 0 bridgehead atoms. The molecule has 1 amide bonds. The number of piperazine rings is 1. The number of amides is 1. The minimum atomic E-state index is 0.111. The van der Waals surface area contributed by atoms with Crippen LogP contribution >= 0.6 is 22.6 Å². The lowest BCUT2D eigenvalue weighted by molar-refractivity contribution is 0.0745. The lowest BCUT2D eigenvalue weighted by Crippen LogP contribution is -2.49. The van der Waals surface area contributed by atoms with E-state index in [9.17, 15) is 4.79 Å². The smallest absolute Gasteiger partial charge is 0.255 e. The van der Waals surface area contributed by atoms with Crippen LogP contribution in [0.2, 0.25) is 0 Å². The molecule has 0 atom stereocenters. The number of carbonyl (C=O) groups is 1. The molecule has 1 aliphatic rings. The molecule has 0 radical (unpaired) electrons. The summed E-state index contributed by atoms with van der Waals surface area (Å²) in [6.07, 6.45) is 0. The Bertz CT molecular complexity index is 666. The number of rotatable bonds is 2. The third-order valence-corrected chi connectivity index (χ3v) is 4.72. The van der Waals surface area contributed by atoms with Crippen LogP contribution in [0.3, 0.4) is 0 Å². The molecular weight excluding hydrogens is 391 g/mol. The molecule has 2 heterocycles. The van der Waals surface area contributed by atoms with E-state index in [2.05, 4.69) is 37.7 Å². The largest absolute Gasteiger partial charge is 0.352 e. The minimum absolute atomic E-state index is 0.111. The first-order chi connectivity index (χ1) is 10.6. The van der Waals surface area contributed by atoms with Crippen LogP contribution in [0.1, 0.15) is 16.1 Å². The summed E-state index contributed by atoms with van der Waals surface area (Å²) in [5, 5.41) is 8.31. The summed E-state index contributed by atoms with van der Waals surface area (Å²) in [5.41, 5.74) is 1.70. The predicted molar refractivity (Wildman–Crippen MR) is 94.0 cm³/mol. The first-order valence-corrected chi connectivity index (χ1v) is 8.32. The first-order valence-electron chi connectivity index (χ1n) is 7.24. The molecule has 22 heavy (non-hydrogen) atoms. The summed E-state index contributed by atoms with van der Waals surface area (Å²) >= 11 is 2.21. The Balaban J connectivity index is 1.65. The molecule has 5 nitrogen and oxygen atoms in total. The third kappa shape index (κ3) is 3.21. The van der Waals surface area contributed by atoms with Crippen LogP contribution in [0, 0.1) is 10.5 Å². The summed E-state index contributed by atoms with van der Waals surface area (Å²) in [6, 6.07) is 11.7. The van der Waals surface area contributed by atoms with Gasteiger partial charge in [0, 0.05) is 29.7 Å². The van der Waals surface area contributed by atoms with Gasteiger partial charge in [-0.05, 0) is 53.8 Å². The van der Waals surface area contributed by atoms with E-state index < -0.39 is 0 Å². The number of aryl methyl sites for hydroxylation is 1. The average Bonchev–Trinajstić information content (AvgIpc) is 2.56. The Hall–Kier alpha value is -1.70. The minimum Gasteiger partial charge on any atom is -0.352 e. The average molecular weight is 408 g/mol. The van der Waals surface area contributed by atoms with Gasteiger partial charge in [-0.3, -0.25) is 4.79 Å². The van der Waals surface area contributed by atoms with Gasteiger partial charge in [0.05, 0.1) is 11.3 Å². The number of hydrogen-bond acceptors (Lipinski definition) is 4. The number of carbonyl (C=O) groups excluding carboxylic acids is 1. The second-order valence-corrected chi connectivity index (χ2v) is 6.45. The highest BCUT2D eigenvalue weighted by atomic mass is 127. The maximum Gasteiger partial charge on any atom is 0.255 e. The monoisotopic (exact) mass is 408 g/mol. The Kier molecular flexibility index (Phi) is 4.56. The second kappa shape index (κ2) is 6.60. The van der Waals surface area contributed by atoms with Gasteiger partial charge >= 0.3 is 0 Å². The van der Waals surface area contributed by atoms with Crippen LogP contribution < -0.4 is 4.90 Å². The fourth-order valence-electron chi connectivity index (χ4n) is 2.50. The van der Waals surface area contributed by atoms with E-state index in [4.69, 9.17) is 0 Å². The molecular formula is C16H17IN4O. The maximum atomic E-state index is 12.6. The molecule has 1 aromatic carbocycles. The van der Waals surface area contributed by atoms with Crippen LogP contribution in [0.5, 0.6) is 0 Å². The first kappa shape index (κ1) is 15.2. The van der Waals surface area contributed by atoms with Crippen molar-refractivity contribution in [3.63, 3.8) is 0 Å². The van der Waals surface area contributed by atoms with Gasteiger partial charge in [-0.1, -0.05) is 12.1 Å². The Morgan fingerprint density at radius 2 is 1.77 bits per heavy atom. The van der Waals surface area contributed by atoms with Crippen LogP contribution in [-0.4, -0.2) is 47.2 Å². The van der Waals surface area contributed by atoms with Crippen molar-refractivity contribution in [2.45, 2.75) is 6.92 Å². The van der Waals surface area contributed by atoms with Crippen molar-refractivity contribution in [3.8, 4) is 0 Å². The fraction of sp³-hybridized carbons (Fsp3) is 0.312. The van der Waals surface area contributed by atoms with E-state index in [1.807, 2.05) is 48.2 Å². The standard InChI is InChI=1S/C16H17IN4O/c1-12-6-7-15(19-18-12)20-8-10-21(11-9-20)16(22)13-4-2-3-5-14(13)17/h2-7H,8-11H2,1H3. The molecule has 0 spiro atoms. The summed E-state index contributed by atoms with van der Waals surface area (Å²) in [4.78, 5) is 16.7. The van der Waals surface area contributed by atoms with E-state index >= 15 is 0 Å². The number of benzene rings is 1. The van der Waals surface area contributed by atoms with Gasteiger partial charge in [0.2, 0.25) is 0 Å². The van der Waals surface area contributed by atoms with Gasteiger partial charge in [-0.15, -0.1) is 5.10 Å².